The van der Waals surface area contributed by atoms with Gasteiger partial charge in [0.25, 0.3) is 0 Å². The van der Waals surface area contributed by atoms with Gasteiger partial charge >= 0.3 is 12.0 Å². The first-order chi connectivity index (χ1) is 8.88. The van der Waals surface area contributed by atoms with Gasteiger partial charge in [-0.25, -0.2) is 9.59 Å². The number of carbonyl (C=O) groups is 2. The Balaban J connectivity index is 2.42. The number of nitrogens with one attached hydrogen (secondary N) is 2. The molecule has 0 fully saturated rings. The van der Waals surface area contributed by atoms with Gasteiger partial charge in [-0.3, -0.25) is 0 Å². The van der Waals surface area contributed by atoms with Gasteiger partial charge in [-0.15, -0.1) is 0 Å². The van der Waals surface area contributed by atoms with Crippen molar-refractivity contribution < 1.29 is 19.2 Å². The number of carboxylic acids is 1. The molecule has 19 heavy (non-hydrogen) atoms. The Morgan fingerprint density at radius 1 is 1.42 bits per heavy atom. The first-order valence-electron chi connectivity index (χ1n) is 5.95. The molecule has 1 aromatic heterocycles. The minimum absolute atomic E-state index is 0.0805. The lowest BCUT2D eigenvalue weighted by Gasteiger charge is -2.16. The van der Waals surface area contributed by atoms with E-state index >= 15 is 0 Å². The Morgan fingerprint density at radius 3 is 2.58 bits per heavy atom. The average Bonchev–Trinajstić information content (AvgIpc) is 2.71. The zero-order valence-electron chi connectivity index (χ0n) is 11.1. The molecule has 8 nitrogen and oxygen atoms in total. The lowest BCUT2D eigenvalue weighted by Crippen LogP contribution is -2.46. The quantitative estimate of drug-likeness (QED) is 0.699. The molecule has 2 amide bonds. The second kappa shape index (κ2) is 6.72. The predicted octanol–water partition coefficient (Wildman–Crippen LogP) is 0.677. The number of carboxylic acid groups (broad SMARTS) is 1. The SMILES string of the molecule is Cc1nc(CNC(=O)N[C@@H](CC(C)C)C(=O)O)no1. The van der Waals surface area contributed by atoms with Crippen LogP contribution in [0.3, 0.4) is 0 Å². The van der Waals surface area contributed by atoms with Crippen molar-refractivity contribution >= 4 is 12.0 Å². The Morgan fingerprint density at radius 2 is 2.11 bits per heavy atom. The van der Waals surface area contributed by atoms with Gasteiger partial charge in [0.15, 0.2) is 5.82 Å². The van der Waals surface area contributed by atoms with E-state index in [1.807, 2.05) is 13.8 Å². The Bertz CT molecular complexity index is 444. The van der Waals surface area contributed by atoms with Crippen molar-refractivity contribution in [1.82, 2.24) is 20.8 Å². The molecular weight excluding hydrogens is 252 g/mol. The molecule has 0 aromatic carbocycles. The van der Waals surface area contributed by atoms with Gasteiger partial charge in [-0.1, -0.05) is 19.0 Å². The summed E-state index contributed by atoms with van der Waals surface area (Å²) >= 11 is 0. The molecule has 1 atom stereocenters. The number of nitrogens with zero attached hydrogens (tertiary/aromatic N) is 2. The van der Waals surface area contributed by atoms with E-state index in [2.05, 4.69) is 20.8 Å². The van der Waals surface area contributed by atoms with Crippen molar-refractivity contribution in [3.8, 4) is 0 Å². The van der Waals surface area contributed by atoms with Crippen LogP contribution in [0.1, 0.15) is 32.0 Å². The lowest BCUT2D eigenvalue weighted by atomic mass is 10.0. The van der Waals surface area contributed by atoms with Crippen molar-refractivity contribution in [2.24, 2.45) is 5.92 Å². The van der Waals surface area contributed by atoms with E-state index in [4.69, 9.17) is 9.63 Å². The van der Waals surface area contributed by atoms with E-state index < -0.39 is 18.0 Å². The lowest BCUT2D eigenvalue weighted by molar-refractivity contribution is -0.139. The van der Waals surface area contributed by atoms with E-state index in [1.54, 1.807) is 6.92 Å². The van der Waals surface area contributed by atoms with Crippen molar-refractivity contribution in [2.45, 2.75) is 39.8 Å². The van der Waals surface area contributed by atoms with Crippen molar-refractivity contribution in [2.75, 3.05) is 0 Å². The van der Waals surface area contributed by atoms with E-state index in [-0.39, 0.29) is 12.5 Å². The number of aromatic nitrogens is 2. The smallest absolute Gasteiger partial charge is 0.326 e. The van der Waals surface area contributed by atoms with Crippen LogP contribution in [0.2, 0.25) is 0 Å². The van der Waals surface area contributed by atoms with Crippen LogP contribution < -0.4 is 10.6 Å². The van der Waals surface area contributed by atoms with Gasteiger partial charge in [0.2, 0.25) is 5.89 Å². The summed E-state index contributed by atoms with van der Waals surface area (Å²) in [6.45, 7) is 5.49. The largest absolute Gasteiger partial charge is 0.480 e. The van der Waals surface area contributed by atoms with Gasteiger partial charge in [-0.05, 0) is 12.3 Å². The monoisotopic (exact) mass is 270 g/mol. The Kier molecular flexibility index (Phi) is 5.28. The predicted molar refractivity (Wildman–Crippen MR) is 65.3 cm³/mol. The second-order valence-electron chi connectivity index (χ2n) is 4.58. The molecule has 1 rings (SSSR count). The van der Waals surface area contributed by atoms with Gasteiger partial charge in [0, 0.05) is 6.92 Å². The number of carbonyl (C=O) groups excluding carboxylic acids is 1. The minimum atomic E-state index is -1.06. The third kappa shape index (κ3) is 5.36. The summed E-state index contributed by atoms with van der Waals surface area (Å²) in [6, 6.07) is -1.48. The second-order valence-corrected chi connectivity index (χ2v) is 4.58. The van der Waals surface area contributed by atoms with Crippen LogP contribution in [0.5, 0.6) is 0 Å². The number of aryl methyl sites for hydroxylation is 1. The van der Waals surface area contributed by atoms with E-state index in [0.29, 0.717) is 18.1 Å². The molecule has 0 aliphatic carbocycles. The maximum atomic E-state index is 11.5. The number of hydrogen-bond acceptors (Lipinski definition) is 5. The molecule has 0 radical (unpaired) electrons. The number of aliphatic carboxylic acids is 1. The summed E-state index contributed by atoms with van der Waals surface area (Å²) in [5, 5.41) is 17.4. The highest BCUT2D eigenvalue weighted by atomic mass is 16.5. The summed E-state index contributed by atoms with van der Waals surface area (Å²) in [5.41, 5.74) is 0. The van der Waals surface area contributed by atoms with Crippen LogP contribution in [0, 0.1) is 12.8 Å². The van der Waals surface area contributed by atoms with Crippen molar-refractivity contribution in [3.05, 3.63) is 11.7 Å². The van der Waals surface area contributed by atoms with E-state index in [9.17, 15) is 9.59 Å². The highest BCUT2D eigenvalue weighted by Crippen LogP contribution is 2.04. The maximum Gasteiger partial charge on any atom is 0.326 e. The summed E-state index contributed by atoms with van der Waals surface area (Å²) in [6.07, 6.45) is 0.365. The number of hydrogen-bond donors (Lipinski definition) is 3. The number of urea groups is 1. The summed E-state index contributed by atoms with van der Waals surface area (Å²) < 4.78 is 4.74. The van der Waals surface area contributed by atoms with Gasteiger partial charge in [0.1, 0.15) is 6.04 Å². The topological polar surface area (TPSA) is 117 Å². The molecule has 8 heteroatoms. The van der Waals surface area contributed by atoms with Crippen LogP contribution >= 0.6 is 0 Å². The molecule has 0 saturated carbocycles. The molecule has 3 N–H and O–H groups in total. The fourth-order valence-electron chi connectivity index (χ4n) is 1.47. The standard InChI is InChI=1S/C11H18N4O4/c1-6(2)4-8(10(16)17)14-11(18)12-5-9-13-7(3)19-15-9/h6,8H,4-5H2,1-3H3,(H,16,17)(H2,12,14,18)/t8-/m0/s1. The molecule has 0 bridgehead atoms. The van der Waals surface area contributed by atoms with Crippen LogP contribution in [-0.4, -0.2) is 33.3 Å². The van der Waals surface area contributed by atoms with Gasteiger partial charge in [-0.2, -0.15) is 4.98 Å². The third-order valence-electron chi connectivity index (χ3n) is 2.29. The first kappa shape index (κ1) is 14.9. The summed E-state index contributed by atoms with van der Waals surface area (Å²) in [4.78, 5) is 26.4. The first-order valence-corrected chi connectivity index (χ1v) is 5.95. The molecule has 1 heterocycles. The third-order valence-corrected chi connectivity index (χ3v) is 2.29. The molecule has 0 aliphatic heterocycles. The molecule has 0 aliphatic rings. The summed E-state index contributed by atoms with van der Waals surface area (Å²) in [5.74, 6) is -0.149. The van der Waals surface area contributed by atoms with Crippen LogP contribution in [-0.2, 0) is 11.3 Å². The fraction of sp³-hybridized carbons (Fsp3) is 0.636. The van der Waals surface area contributed by atoms with Crippen LogP contribution in [0.15, 0.2) is 4.52 Å². The fourth-order valence-corrected chi connectivity index (χ4v) is 1.47. The van der Waals surface area contributed by atoms with Gasteiger partial charge in [0.05, 0.1) is 6.54 Å². The maximum absolute atomic E-state index is 11.5. The zero-order valence-corrected chi connectivity index (χ0v) is 11.1. The van der Waals surface area contributed by atoms with Crippen molar-refractivity contribution in [1.29, 1.82) is 0 Å². The molecule has 0 saturated heterocycles. The molecule has 106 valence electrons. The molecule has 1 aromatic rings. The minimum Gasteiger partial charge on any atom is -0.480 e. The number of amides is 2. The Labute approximate surface area is 110 Å². The van der Waals surface area contributed by atoms with E-state index in [1.165, 1.54) is 0 Å². The average molecular weight is 270 g/mol. The van der Waals surface area contributed by atoms with Crippen molar-refractivity contribution in [3.63, 3.8) is 0 Å². The highest BCUT2D eigenvalue weighted by molar-refractivity contribution is 5.82. The van der Waals surface area contributed by atoms with Gasteiger partial charge < -0.3 is 20.3 Å². The summed E-state index contributed by atoms with van der Waals surface area (Å²) in [7, 11) is 0. The highest BCUT2D eigenvalue weighted by Gasteiger charge is 2.21. The van der Waals surface area contributed by atoms with Crippen LogP contribution in [0.25, 0.3) is 0 Å². The van der Waals surface area contributed by atoms with Crippen LogP contribution in [0.4, 0.5) is 4.79 Å². The number of rotatable bonds is 6. The Hall–Kier alpha value is -2.12. The molecule has 0 spiro atoms. The normalized spacial score (nSPS) is 12.2. The molecule has 0 unspecified atom stereocenters. The van der Waals surface area contributed by atoms with E-state index in [0.717, 1.165) is 0 Å². The zero-order chi connectivity index (χ0) is 14.4. The molecular formula is C11H18N4O4.